The first-order chi connectivity index (χ1) is 5.84. The molecule has 0 unspecified atom stereocenters. The van der Waals surface area contributed by atoms with Crippen LogP contribution in [0, 0.1) is 0 Å². The van der Waals surface area contributed by atoms with Gasteiger partial charge in [0.1, 0.15) is 4.90 Å². The van der Waals surface area contributed by atoms with E-state index in [1.54, 1.807) is 0 Å². The van der Waals surface area contributed by atoms with Gasteiger partial charge in [-0.05, 0) is 12.1 Å². The largest absolute Gasteiger partial charge is 0.503 e. The number of aromatic hydroxyl groups is 2. The average molecular weight is 205 g/mol. The minimum atomic E-state index is -4.54. The van der Waals surface area contributed by atoms with Crippen LogP contribution >= 0.6 is 0 Å². The summed E-state index contributed by atoms with van der Waals surface area (Å²) in [7, 11) is -4.54. The average Bonchev–Trinajstić information content (AvgIpc) is 1.98. The molecule has 0 saturated heterocycles. The lowest BCUT2D eigenvalue weighted by atomic mass is 10.3. The van der Waals surface area contributed by atoms with Crippen molar-refractivity contribution in [2.24, 2.45) is 0 Å². The van der Waals surface area contributed by atoms with Gasteiger partial charge in [0.2, 0.25) is 0 Å². The summed E-state index contributed by atoms with van der Waals surface area (Å²) in [6, 6.07) is 1.94. The second-order valence-corrected chi connectivity index (χ2v) is 3.72. The van der Waals surface area contributed by atoms with Crippen LogP contribution in [0.15, 0.2) is 17.0 Å². The minimum absolute atomic E-state index is 0.176. The summed E-state index contributed by atoms with van der Waals surface area (Å²) in [5, 5.41) is 18.0. The SMILES string of the molecule is Nc1ccc(S(=O)(=O)O)c(O)c1O. The molecule has 1 aromatic carbocycles. The summed E-state index contributed by atoms with van der Waals surface area (Å²) >= 11 is 0. The Bertz CT molecular complexity index is 439. The molecule has 0 amide bonds. The van der Waals surface area contributed by atoms with Gasteiger partial charge in [-0.15, -0.1) is 0 Å². The van der Waals surface area contributed by atoms with Gasteiger partial charge >= 0.3 is 0 Å². The molecule has 0 saturated carbocycles. The normalized spacial score (nSPS) is 11.5. The second-order valence-electron chi connectivity index (χ2n) is 2.33. The van der Waals surface area contributed by atoms with E-state index in [4.69, 9.17) is 20.5 Å². The molecule has 0 fully saturated rings. The molecule has 13 heavy (non-hydrogen) atoms. The Morgan fingerprint density at radius 3 is 2.15 bits per heavy atom. The molecule has 5 N–H and O–H groups in total. The summed E-state index contributed by atoms with van der Waals surface area (Å²) in [5.41, 5.74) is 4.97. The van der Waals surface area contributed by atoms with E-state index in [1.807, 2.05) is 0 Å². The lowest BCUT2D eigenvalue weighted by molar-refractivity contribution is 0.390. The van der Waals surface area contributed by atoms with Crippen LogP contribution in [0.3, 0.4) is 0 Å². The summed E-state index contributed by atoms with van der Waals surface area (Å²) in [6.07, 6.45) is 0. The minimum Gasteiger partial charge on any atom is -0.503 e. The summed E-state index contributed by atoms with van der Waals surface area (Å²) in [5.74, 6) is -1.72. The second kappa shape index (κ2) is 2.79. The first-order valence-electron chi connectivity index (χ1n) is 3.12. The highest BCUT2D eigenvalue weighted by Crippen LogP contribution is 2.36. The molecule has 0 heterocycles. The monoisotopic (exact) mass is 205 g/mol. The van der Waals surface area contributed by atoms with E-state index in [2.05, 4.69) is 0 Å². The van der Waals surface area contributed by atoms with Crippen LogP contribution in [-0.2, 0) is 10.1 Å². The topological polar surface area (TPSA) is 121 Å². The maximum Gasteiger partial charge on any atom is 0.298 e. The maximum atomic E-state index is 10.6. The molecular weight excluding hydrogens is 198 g/mol. The van der Waals surface area contributed by atoms with E-state index in [-0.39, 0.29) is 5.69 Å². The molecule has 72 valence electrons. The van der Waals surface area contributed by atoms with E-state index in [0.717, 1.165) is 12.1 Å². The van der Waals surface area contributed by atoms with Gasteiger partial charge < -0.3 is 15.9 Å². The lowest BCUT2D eigenvalue weighted by Gasteiger charge is -2.04. The van der Waals surface area contributed by atoms with Gasteiger partial charge in [0.05, 0.1) is 5.69 Å². The predicted octanol–water partition coefficient (Wildman–Crippen LogP) is -0.0733. The van der Waals surface area contributed by atoms with Crippen molar-refractivity contribution < 1.29 is 23.2 Å². The Labute approximate surface area is 74.0 Å². The van der Waals surface area contributed by atoms with Gasteiger partial charge in [0, 0.05) is 0 Å². The van der Waals surface area contributed by atoms with Crippen molar-refractivity contribution in [3.63, 3.8) is 0 Å². The van der Waals surface area contributed by atoms with Gasteiger partial charge in [-0.2, -0.15) is 8.42 Å². The summed E-state index contributed by atoms with van der Waals surface area (Å²) < 4.78 is 29.7. The number of phenolic OH excluding ortho intramolecular Hbond substituents is 2. The number of anilines is 1. The van der Waals surface area contributed by atoms with E-state index in [0.29, 0.717) is 0 Å². The molecule has 6 nitrogen and oxygen atoms in total. The first-order valence-corrected chi connectivity index (χ1v) is 4.56. The van der Waals surface area contributed by atoms with Crippen LogP contribution in [0.25, 0.3) is 0 Å². The first kappa shape index (κ1) is 9.62. The fourth-order valence-corrected chi connectivity index (χ4v) is 1.37. The van der Waals surface area contributed by atoms with Crippen LogP contribution in [0.1, 0.15) is 0 Å². The van der Waals surface area contributed by atoms with Crippen LogP contribution in [0.4, 0.5) is 5.69 Å². The van der Waals surface area contributed by atoms with Crippen LogP contribution < -0.4 is 5.73 Å². The van der Waals surface area contributed by atoms with Crippen LogP contribution in [0.5, 0.6) is 11.5 Å². The Morgan fingerprint density at radius 2 is 1.69 bits per heavy atom. The third-order valence-corrected chi connectivity index (χ3v) is 2.31. The van der Waals surface area contributed by atoms with E-state index >= 15 is 0 Å². The molecule has 0 bridgehead atoms. The zero-order chi connectivity index (χ0) is 10.2. The summed E-state index contributed by atoms with van der Waals surface area (Å²) in [4.78, 5) is -0.779. The molecule has 0 aliphatic heterocycles. The number of benzene rings is 1. The zero-order valence-electron chi connectivity index (χ0n) is 6.30. The Balaban J connectivity index is 3.53. The molecule has 0 aliphatic rings. The van der Waals surface area contributed by atoms with Crippen molar-refractivity contribution in [3.8, 4) is 11.5 Å². The molecule has 0 aromatic heterocycles. The quantitative estimate of drug-likeness (QED) is 0.289. The molecule has 1 aromatic rings. The third-order valence-electron chi connectivity index (χ3n) is 1.42. The predicted molar refractivity (Wildman–Crippen MR) is 44.0 cm³/mol. The zero-order valence-corrected chi connectivity index (χ0v) is 7.11. The van der Waals surface area contributed by atoms with E-state index < -0.39 is 26.5 Å². The highest BCUT2D eigenvalue weighted by Gasteiger charge is 2.19. The van der Waals surface area contributed by atoms with Crippen molar-refractivity contribution in [1.29, 1.82) is 0 Å². The highest BCUT2D eigenvalue weighted by atomic mass is 32.2. The molecule has 0 aliphatic carbocycles. The third kappa shape index (κ3) is 1.65. The van der Waals surface area contributed by atoms with Crippen molar-refractivity contribution in [3.05, 3.63) is 12.1 Å². The molecule has 7 heteroatoms. The van der Waals surface area contributed by atoms with Gasteiger partial charge in [-0.1, -0.05) is 0 Å². The number of hydrogen-bond donors (Lipinski definition) is 4. The fourth-order valence-electron chi connectivity index (χ4n) is 0.785. The van der Waals surface area contributed by atoms with Crippen molar-refractivity contribution in [2.45, 2.75) is 4.90 Å². The standard InChI is InChI=1S/C6H7NO5S/c7-3-1-2-4(13(10,11)12)6(9)5(3)8/h1-2,8-9H,7H2,(H,10,11,12). The van der Waals surface area contributed by atoms with Gasteiger partial charge in [0.25, 0.3) is 10.1 Å². The van der Waals surface area contributed by atoms with Crippen molar-refractivity contribution >= 4 is 15.8 Å². The Kier molecular flexibility index (Phi) is 2.06. The number of phenols is 2. The maximum absolute atomic E-state index is 10.6. The number of nitrogen functional groups attached to an aromatic ring is 1. The van der Waals surface area contributed by atoms with E-state index in [1.165, 1.54) is 0 Å². The lowest BCUT2D eigenvalue weighted by Crippen LogP contribution is -1.99. The number of rotatable bonds is 1. The molecule has 0 radical (unpaired) electrons. The smallest absolute Gasteiger partial charge is 0.298 e. The van der Waals surface area contributed by atoms with Gasteiger partial charge in [-0.3, -0.25) is 4.55 Å². The van der Waals surface area contributed by atoms with E-state index in [9.17, 15) is 8.42 Å². The van der Waals surface area contributed by atoms with Crippen molar-refractivity contribution in [1.82, 2.24) is 0 Å². The molecule has 1 rings (SSSR count). The molecular formula is C6H7NO5S. The fraction of sp³-hybridized carbons (Fsp3) is 0. The number of hydrogen-bond acceptors (Lipinski definition) is 5. The van der Waals surface area contributed by atoms with Gasteiger partial charge in [-0.25, -0.2) is 0 Å². The van der Waals surface area contributed by atoms with Crippen molar-refractivity contribution in [2.75, 3.05) is 5.73 Å². The van der Waals surface area contributed by atoms with Crippen LogP contribution in [0.2, 0.25) is 0 Å². The molecule has 0 spiro atoms. The van der Waals surface area contributed by atoms with Crippen LogP contribution in [-0.4, -0.2) is 23.2 Å². The number of nitrogens with two attached hydrogens (primary N) is 1. The summed E-state index contributed by atoms with van der Waals surface area (Å²) in [6.45, 7) is 0. The Hall–Kier alpha value is -1.47. The van der Waals surface area contributed by atoms with Gasteiger partial charge in [0.15, 0.2) is 11.5 Å². The molecule has 0 atom stereocenters. The Morgan fingerprint density at radius 1 is 1.15 bits per heavy atom. The highest BCUT2D eigenvalue weighted by molar-refractivity contribution is 7.86.